The SMILES string of the molecule is CN1CCN(CCOc2nnc(C34CC5CC(CC3C5)C4)n2CCCO)CC1. The van der Waals surface area contributed by atoms with Crippen LogP contribution in [0.1, 0.15) is 44.3 Å². The van der Waals surface area contributed by atoms with Crippen LogP contribution in [0.15, 0.2) is 0 Å². The molecule has 5 fully saturated rings. The molecule has 2 unspecified atom stereocenters. The summed E-state index contributed by atoms with van der Waals surface area (Å²) in [7, 11) is 2.18. The molecule has 1 aromatic rings. The Morgan fingerprint density at radius 3 is 2.50 bits per heavy atom. The molecule has 0 aromatic carbocycles. The van der Waals surface area contributed by atoms with E-state index < -0.39 is 0 Å². The number of aliphatic hydroxyl groups is 1. The summed E-state index contributed by atoms with van der Waals surface area (Å²) in [6.07, 6.45) is 7.48. The minimum atomic E-state index is 0.194. The molecule has 4 bridgehead atoms. The van der Waals surface area contributed by atoms with Crippen molar-refractivity contribution in [2.24, 2.45) is 17.8 Å². The summed E-state index contributed by atoms with van der Waals surface area (Å²) < 4.78 is 8.35. The maximum atomic E-state index is 9.41. The number of likely N-dealkylation sites (N-methyl/N-ethyl adjacent to an activating group) is 1. The molecule has 2 atom stereocenters. The number of nitrogens with zero attached hydrogens (tertiary/aromatic N) is 5. The van der Waals surface area contributed by atoms with Crippen molar-refractivity contribution in [1.82, 2.24) is 24.6 Å². The van der Waals surface area contributed by atoms with E-state index in [0.717, 1.165) is 69.3 Å². The van der Waals surface area contributed by atoms with Crippen LogP contribution in [0.25, 0.3) is 0 Å². The van der Waals surface area contributed by atoms with E-state index in [1.165, 1.54) is 32.1 Å². The monoisotopic (exact) mass is 389 g/mol. The van der Waals surface area contributed by atoms with Crippen molar-refractivity contribution in [2.45, 2.75) is 50.5 Å². The number of rotatable bonds is 8. The van der Waals surface area contributed by atoms with E-state index in [2.05, 4.69) is 26.5 Å². The van der Waals surface area contributed by atoms with E-state index >= 15 is 0 Å². The van der Waals surface area contributed by atoms with Gasteiger partial charge < -0.3 is 14.7 Å². The lowest BCUT2D eigenvalue weighted by molar-refractivity contribution is 0.129. The minimum absolute atomic E-state index is 0.194. The molecular formula is C21H35N5O2. The quantitative estimate of drug-likeness (QED) is 0.724. The first-order valence-corrected chi connectivity index (χ1v) is 11.3. The molecule has 7 heteroatoms. The van der Waals surface area contributed by atoms with Gasteiger partial charge in [0.15, 0.2) is 0 Å². The number of ether oxygens (including phenoxy) is 1. The zero-order valence-electron chi connectivity index (χ0n) is 17.2. The van der Waals surface area contributed by atoms with Gasteiger partial charge in [-0.15, -0.1) is 5.10 Å². The van der Waals surface area contributed by atoms with Gasteiger partial charge in [-0.2, -0.15) is 0 Å². The Morgan fingerprint density at radius 2 is 1.79 bits per heavy atom. The van der Waals surface area contributed by atoms with Crippen LogP contribution in [0.3, 0.4) is 0 Å². The normalized spacial score (nSPS) is 35.1. The van der Waals surface area contributed by atoms with Crippen molar-refractivity contribution in [3.05, 3.63) is 5.82 Å². The fourth-order valence-electron chi connectivity index (χ4n) is 6.69. The summed E-state index contributed by atoms with van der Waals surface area (Å²) in [6.45, 7) is 7.01. The second-order valence-corrected chi connectivity index (χ2v) is 9.73. The molecule has 28 heavy (non-hydrogen) atoms. The summed E-state index contributed by atoms with van der Waals surface area (Å²) in [6, 6.07) is 0.665. The third-order valence-electron chi connectivity index (χ3n) is 7.93. The third kappa shape index (κ3) is 3.25. The Kier molecular flexibility index (Phi) is 5.09. The van der Waals surface area contributed by atoms with Crippen molar-refractivity contribution in [3.8, 4) is 6.01 Å². The van der Waals surface area contributed by atoms with E-state index in [4.69, 9.17) is 9.84 Å². The summed E-state index contributed by atoms with van der Waals surface area (Å²) in [4.78, 5) is 4.84. The van der Waals surface area contributed by atoms with E-state index in [1.807, 2.05) is 0 Å². The lowest BCUT2D eigenvalue weighted by Crippen LogP contribution is -2.45. The lowest BCUT2D eigenvalue weighted by Gasteiger charge is -2.32. The largest absolute Gasteiger partial charge is 0.462 e. The molecule has 5 aliphatic rings. The van der Waals surface area contributed by atoms with Crippen LogP contribution in [0.4, 0.5) is 0 Å². The molecule has 1 N–H and O–H groups in total. The predicted molar refractivity (Wildman–Crippen MR) is 106 cm³/mol. The highest BCUT2D eigenvalue weighted by Gasteiger charge is 2.60. The molecule has 4 saturated carbocycles. The smallest absolute Gasteiger partial charge is 0.317 e. The number of aromatic nitrogens is 3. The van der Waals surface area contributed by atoms with E-state index in [0.29, 0.717) is 12.6 Å². The van der Waals surface area contributed by atoms with Crippen LogP contribution in [0.2, 0.25) is 0 Å². The summed E-state index contributed by atoms with van der Waals surface area (Å²) >= 11 is 0. The molecular weight excluding hydrogens is 354 g/mol. The fraction of sp³-hybridized carbons (Fsp3) is 0.905. The van der Waals surface area contributed by atoms with E-state index in [9.17, 15) is 5.11 Å². The molecule has 7 nitrogen and oxygen atoms in total. The lowest BCUT2D eigenvalue weighted by atomic mass is 9.75. The maximum Gasteiger partial charge on any atom is 0.317 e. The van der Waals surface area contributed by atoms with E-state index in [-0.39, 0.29) is 12.0 Å². The highest BCUT2D eigenvalue weighted by Crippen LogP contribution is 2.65. The number of hydrogen-bond donors (Lipinski definition) is 1. The Balaban J connectivity index is 1.29. The van der Waals surface area contributed by atoms with Crippen LogP contribution >= 0.6 is 0 Å². The maximum absolute atomic E-state index is 9.41. The number of hydrogen-bond acceptors (Lipinski definition) is 6. The third-order valence-corrected chi connectivity index (χ3v) is 7.93. The van der Waals surface area contributed by atoms with Crippen LogP contribution < -0.4 is 4.74 Å². The van der Waals surface area contributed by atoms with Crippen molar-refractivity contribution < 1.29 is 9.84 Å². The second kappa shape index (κ2) is 7.58. The van der Waals surface area contributed by atoms with Gasteiger partial charge in [0.2, 0.25) is 0 Å². The molecule has 156 valence electrons. The van der Waals surface area contributed by atoms with Gasteiger partial charge in [0.25, 0.3) is 0 Å². The standard InChI is InChI=1S/C21H35N5O2/c1-24-4-6-25(7-5-24)8-10-28-20-23-22-19(26(20)3-2-9-27)21-14-16-11-17(15-21)13-18(21)12-16/h16-18,27H,2-15H2,1H3. The Hall–Kier alpha value is -1.18. The Labute approximate surface area is 168 Å². The molecule has 4 aliphatic carbocycles. The van der Waals surface area contributed by atoms with E-state index in [1.54, 1.807) is 0 Å². The predicted octanol–water partition coefficient (Wildman–Crippen LogP) is 1.36. The molecule has 0 radical (unpaired) electrons. The molecule has 1 aliphatic heterocycles. The molecule has 2 heterocycles. The first-order chi connectivity index (χ1) is 13.7. The summed E-state index contributed by atoms with van der Waals surface area (Å²) in [5.74, 6) is 3.72. The van der Waals surface area contributed by atoms with Crippen molar-refractivity contribution in [1.29, 1.82) is 0 Å². The molecule has 1 saturated heterocycles. The van der Waals surface area contributed by atoms with Crippen LogP contribution in [0.5, 0.6) is 6.01 Å². The molecule has 1 aromatic heterocycles. The highest BCUT2D eigenvalue weighted by molar-refractivity contribution is 5.24. The Bertz CT molecular complexity index is 670. The van der Waals surface area contributed by atoms with Gasteiger partial charge in [-0.1, -0.05) is 5.10 Å². The second-order valence-electron chi connectivity index (χ2n) is 9.73. The minimum Gasteiger partial charge on any atom is -0.462 e. The molecule has 0 spiro atoms. The highest BCUT2D eigenvalue weighted by atomic mass is 16.5. The van der Waals surface area contributed by atoms with Gasteiger partial charge in [-0.25, -0.2) is 0 Å². The van der Waals surface area contributed by atoms with Crippen LogP contribution in [-0.4, -0.2) is 82.7 Å². The summed E-state index contributed by atoms with van der Waals surface area (Å²) in [5.41, 5.74) is 0.231. The summed E-state index contributed by atoms with van der Waals surface area (Å²) in [5, 5.41) is 18.6. The zero-order valence-corrected chi connectivity index (χ0v) is 17.2. The van der Waals surface area contributed by atoms with Crippen LogP contribution in [-0.2, 0) is 12.0 Å². The van der Waals surface area contributed by atoms with Crippen LogP contribution in [0, 0.1) is 17.8 Å². The van der Waals surface area contributed by atoms with Gasteiger partial charge in [0, 0.05) is 51.3 Å². The fourth-order valence-corrected chi connectivity index (χ4v) is 6.69. The average Bonchev–Trinajstić information content (AvgIpc) is 3.28. The van der Waals surface area contributed by atoms with Crippen molar-refractivity contribution in [2.75, 3.05) is 53.0 Å². The van der Waals surface area contributed by atoms with Gasteiger partial charge in [-0.05, 0) is 63.3 Å². The van der Waals surface area contributed by atoms with Gasteiger partial charge in [0.1, 0.15) is 12.4 Å². The first-order valence-electron chi connectivity index (χ1n) is 11.3. The topological polar surface area (TPSA) is 66.7 Å². The van der Waals surface area contributed by atoms with Gasteiger partial charge in [-0.3, -0.25) is 9.47 Å². The Morgan fingerprint density at radius 1 is 1.04 bits per heavy atom. The average molecular weight is 390 g/mol. The number of aliphatic hydroxyl groups excluding tert-OH is 1. The molecule has 0 amide bonds. The molecule has 6 rings (SSSR count). The van der Waals surface area contributed by atoms with Crippen molar-refractivity contribution in [3.63, 3.8) is 0 Å². The number of piperazine rings is 1. The van der Waals surface area contributed by atoms with Crippen molar-refractivity contribution >= 4 is 0 Å². The zero-order chi connectivity index (χ0) is 19.1. The van der Waals surface area contributed by atoms with Gasteiger partial charge in [0.05, 0.1) is 0 Å². The van der Waals surface area contributed by atoms with Gasteiger partial charge >= 0.3 is 6.01 Å². The first kappa shape index (κ1) is 18.8.